The van der Waals surface area contributed by atoms with Gasteiger partial charge in [-0.3, -0.25) is 9.59 Å². The monoisotopic (exact) mass is 739 g/mol. The van der Waals surface area contributed by atoms with Crippen LogP contribution in [0.5, 0.6) is 0 Å². The summed E-state index contributed by atoms with van der Waals surface area (Å²) in [6.45, 7) is 21.6. The number of aryl methyl sites for hydroxylation is 2. The molecule has 0 saturated carbocycles. The van der Waals surface area contributed by atoms with Crippen molar-refractivity contribution >= 4 is 25.8 Å². The minimum atomic E-state index is -1.18. The van der Waals surface area contributed by atoms with Crippen LogP contribution < -0.4 is 16.2 Å². The minimum Gasteiger partial charge on any atom is -0.444 e. The number of hydrogen-bond donors (Lipinski definition) is 2. The number of ether oxygens (including phenoxy) is 2. The van der Waals surface area contributed by atoms with Crippen molar-refractivity contribution in [1.82, 2.24) is 19.7 Å². The number of carbonyl (C=O) groups excluding carboxylic acids is 2. The lowest BCUT2D eigenvalue weighted by Gasteiger charge is -2.33. The van der Waals surface area contributed by atoms with Crippen molar-refractivity contribution in [3.63, 3.8) is 0 Å². The molecular weight excluding hydrogens is 683 g/mol. The van der Waals surface area contributed by atoms with Crippen LogP contribution in [-0.4, -0.2) is 52.7 Å². The molecule has 284 valence electrons. The number of alkyl carbamates (subject to hydrolysis) is 1. The van der Waals surface area contributed by atoms with Gasteiger partial charge in [0, 0.05) is 55.8 Å². The van der Waals surface area contributed by atoms with E-state index in [1.165, 1.54) is 0 Å². The third-order valence-electron chi connectivity index (χ3n) is 9.72. The van der Waals surface area contributed by atoms with E-state index in [1.807, 2.05) is 68.9 Å². The Hall–Kier alpha value is -4.48. The highest BCUT2D eigenvalue weighted by Crippen LogP contribution is 2.38. The summed E-state index contributed by atoms with van der Waals surface area (Å²) in [6.07, 6.45) is 3.70. The molecule has 2 aromatic carbocycles. The largest absolute Gasteiger partial charge is 0.444 e. The van der Waals surface area contributed by atoms with Gasteiger partial charge >= 0.3 is 6.09 Å². The lowest BCUT2D eigenvalue weighted by Crippen LogP contribution is -2.49. The number of amides is 2. The van der Waals surface area contributed by atoms with Gasteiger partial charge in [0.2, 0.25) is 5.91 Å². The molecule has 10 nitrogen and oxygen atoms in total. The van der Waals surface area contributed by atoms with E-state index in [1.54, 1.807) is 31.4 Å². The highest BCUT2D eigenvalue weighted by molar-refractivity contribution is 6.76. The lowest BCUT2D eigenvalue weighted by atomic mass is 9.77. The first kappa shape index (κ1) is 39.7. The van der Waals surface area contributed by atoms with Gasteiger partial charge in [-0.2, -0.15) is 5.10 Å². The number of hydrogen-bond acceptors (Lipinski definition) is 6. The van der Waals surface area contributed by atoms with Crippen LogP contribution in [0.4, 0.5) is 10.5 Å². The number of carbonyl (C=O) groups is 2. The maximum Gasteiger partial charge on any atom is 0.408 e. The molecule has 2 aromatic heterocycles. The predicted molar refractivity (Wildman–Crippen MR) is 215 cm³/mol. The van der Waals surface area contributed by atoms with Gasteiger partial charge in [-0.1, -0.05) is 50.0 Å². The molecule has 0 saturated heterocycles. The third kappa shape index (κ3) is 10.1. The summed E-state index contributed by atoms with van der Waals surface area (Å²) in [5, 5.41) is 10.8. The summed E-state index contributed by atoms with van der Waals surface area (Å²) in [4.78, 5) is 40.0. The zero-order valence-electron chi connectivity index (χ0n) is 33.1. The second kappa shape index (κ2) is 16.3. The predicted octanol–water partition coefficient (Wildman–Crippen LogP) is 8.84. The van der Waals surface area contributed by atoms with E-state index in [4.69, 9.17) is 14.6 Å². The van der Waals surface area contributed by atoms with Crippen LogP contribution in [0, 0.1) is 13.8 Å². The van der Waals surface area contributed by atoms with Crippen molar-refractivity contribution in [2.45, 2.75) is 124 Å². The number of aromatic nitrogens is 3. The summed E-state index contributed by atoms with van der Waals surface area (Å²) in [7, 11) is -1.18. The summed E-state index contributed by atoms with van der Waals surface area (Å²) < 4.78 is 15.2. The summed E-state index contributed by atoms with van der Waals surface area (Å²) in [6, 6.07) is 17.7. The topological polar surface area (TPSA) is 116 Å². The lowest BCUT2D eigenvalue weighted by molar-refractivity contribution is -0.118. The van der Waals surface area contributed by atoms with Crippen LogP contribution >= 0.6 is 0 Å². The number of nitrogens with zero attached hydrogens (tertiary/aromatic N) is 3. The van der Waals surface area contributed by atoms with Crippen molar-refractivity contribution in [3.05, 3.63) is 93.7 Å². The molecule has 0 bridgehead atoms. The molecule has 1 aliphatic carbocycles. The first-order chi connectivity index (χ1) is 24.9. The Balaban J connectivity index is 1.40. The van der Waals surface area contributed by atoms with Crippen molar-refractivity contribution < 1.29 is 19.1 Å². The van der Waals surface area contributed by atoms with Crippen LogP contribution in [0.2, 0.25) is 25.7 Å². The number of benzene rings is 2. The summed E-state index contributed by atoms with van der Waals surface area (Å²) in [5.74, 6) is -0.624. The second-order valence-corrected chi connectivity index (χ2v) is 22.4. The van der Waals surface area contributed by atoms with Crippen molar-refractivity contribution in [3.8, 4) is 22.3 Å². The number of pyridine rings is 1. The van der Waals surface area contributed by atoms with E-state index in [2.05, 4.69) is 48.5 Å². The molecule has 4 aromatic rings. The summed E-state index contributed by atoms with van der Waals surface area (Å²) >= 11 is 0. The smallest absolute Gasteiger partial charge is 0.408 e. The first-order valence-electron chi connectivity index (χ1n) is 18.8. The summed E-state index contributed by atoms with van der Waals surface area (Å²) in [5.41, 5.74) is 7.81. The van der Waals surface area contributed by atoms with Gasteiger partial charge in [0.1, 0.15) is 18.4 Å². The van der Waals surface area contributed by atoms with Gasteiger partial charge in [0.05, 0.1) is 5.69 Å². The van der Waals surface area contributed by atoms with E-state index in [0.717, 1.165) is 70.3 Å². The molecule has 5 rings (SSSR count). The van der Waals surface area contributed by atoms with Crippen molar-refractivity contribution in [2.24, 2.45) is 0 Å². The molecule has 11 heteroatoms. The Labute approximate surface area is 315 Å². The Kier molecular flexibility index (Phi) is 12.2. The van der Waals surface area contributed by atoms with Crippen molar-refractivity contribution in [1.29, 1.82) is 0 Å². The Morgan fingerprint density at radius 3 is 2.32 bits per heavy atom. The van der Waals surface area contributed by atoms with Crippen LogP contribution in [0.1, 0.15) is 81.9 Å². The first-order valence-corrected chi connectivity index (χ1v) is 22.5. The molecule has 0 spiro atoms. The number of anilines is 1. The minimum absolute atomic E-state index is 0.0165. The number of fused-ring (bicyclic) bond motifs is 1. The van der Waals surface area contributed by atoms with Gasteiger partial charge in [-0.25, -0.2) is 9.48 Å². The molecular formula is C42H57N5O5Si. The molecule has 1 aliphatic rings. The van der Waals surface area contributed by atoms with E-state index >= 15 is 0 Å². The molecule has 0 fully saturated rings. The van der Waals surface area contributed by atoms with Crippen LogP contribution in [0.15, 0.2) is 65.6 Å². The van der Waals surface area contributed by atoms with Gasteiger partial charge in [-0.05, 0) is 120 Å². The molecule has 2 heterocycles. The fourth-order valence-electron chi connectivity index (χ4n) is 6.93. The average molecular weight is 740 g/mol. The zero-order chi connectivity index (χ0) is 38.7. The standard InChI is InChI=1S/C42H57N5O5Si/c1-27(2)46-25-33(18-21-37(46)48)32-15-14-30-12-11-13-35(36(30)24-32)39(44-41(50)52-42(5,6)7)40(49)43-34-19-16-31(17-20-34)38-28(3)45-47(29(38)4)26-51-22-23-53(8,9)10/h14-21,24-25,27,35,39H,11-13,22-23,26H2,1-10H3,(H,43,49)(H,44,50)/t35-,39?/m1/s1. The highest BCUT2D eigenvalue weighted by atomic mass is 28.3. The fraction of sp³-hybridized carbons (Fsp3) is 0.476. The van der Waals surface area contributed by atoms with E-state index < -0.39 is 25.8 Å². The Morgan fingerprint density at radius 1 is 0.981 bits per heavy atom. The third-order valence-corrected chi connectivity index (χ3v) is 11.4. The van der Waals surface area contributed by atoms with Gasteiger partial charge < -0.3 is 24.7 Å². The zero-order valence-corrected chi connectivity index (χ0v) is 34.1. The molecule has 2 amide bonds. The Bertz CT molecular complexity index is 1980. The maximum atomic E-state index is 14.2. The molecule has 2 N–H and O–H groups in total. The SMILES string of the molecule is Cc1nn(COCC[Si](C)(C)C)c(C)c1-c1ccc(NC(=O)C(NC(=O)OC(C)(C)C)[C@@H]2CCCc3ccc(-c4ccc(=O)n(C(C)C)c4)cc32)cc1. The number of nitrogens with one attached hydrogen (secondary N) is 2. The number of rotatable bonds is 12. The van der Waals surface area contributed by atoms with Gasteiger partial charge in [0.15, 0.2) is 0 Å². The van der Waals surface area contributed by atoms with E-state index in [9.17, 15) is 14.4 Å². The quantitative estimate of drug-likeness (QED) is 0.111. The van der Waals surface area contributed by atoms with Crippen molar-refractivity contribution in [2.75, 3.05) is 11.9 Å². The maximum absolute atomic E-state index is 14.2. The molecule has 1 unspecified atom stereocenters. The van der Waals surface area contributed by atoms with Crippen LogP contribution in [0.3, 0.4) is 0 Å². The highest BCUT2D eigenvalue weighted by Gasteiger charge is 2.35. The Morgan fingerprint density at radius 2 is 1.66 bits per heavy atom. The molecule has 0 radical (unpaired) electrons. The van der Waals surface area contributed by atoms with Crippen LogP contribution in [-0.2, 0) is 27.4 Å². The normalized spacial score (nSPS) is 15.2. The molecule has 53 heavy (non-hydrogen) atoms. The van der Waals surface area contributed by atoms with Gasteiger partial charge in [-0.15, -0.1) is 0 Å². The molecule has 2 atom stereocenters. The average Bonchev–Trinajstić information content (AvgIpc) is 3.36. The van der Waals surface area contributed by atoms with Gasteiger partial charge in [0.25, 0.3) is 5.56 Å². The van der Waals surface area contributed by atoms with Crippen LogP contribution in [0.25, 0.3) is 22.3 Å². The van der Waals surface area contributed by atoms with E-state index in [-0.39, 0.29) is 23.4 Å². The van der Waals surface area contributed by atoms with E-state index in [0.29, 0.717) is 18.8 Å². The second-order valence-electron chi connectivity index (χ2n) is 16.8. The molecule has 0 aliphatic heterocycles. The fourth-order valence-corrected chi connectivity index (χ4v) is 7.69.